The van der Waals surface area contributed by atoms with E-state index in [1.165, 1.54) is 0 Å². The third-order valence-electron chi connectivity index (χ3n) is 10.5. The number of hydrogen-bond donors (Lipinski definition) is 4. The molecular weight excluding hydrogens is 422 g/mol. The van der Waals surface area contributed by atoms with Crippen LogP contribution in [0.5, 0.6) is 0 Å². The van der Waals surface area contributed by atoms with E-state index in [1.54, 1.807) is 0 Å². The fourth-order valence-corrected chi connectivity index (χ4v) is 8.68. The number of aliphatic hydroxyl groups excluding tert-OH is 2. The van der Waals surface area contributed by atoms with Gasteiger partial charge in [-0.2, -0.15) is 0 Å². The molecule has 4 aliphatic rings. The lowest BCUT2D eigenvalue weighted by atomic mass is 9.43. The van der Waals surface area contributed by atoms with E-state index in [1.807, 2.05) is 0 Å². The van der Waals surface area contributed by atoms with E-state index < -0.39 is 17.5 Å². The van der Waals surface area contributed by atoms with Gasteiger partial charge in [0.2, 0.25) is 5.91 Å². The first-order valence-corrected chi connectivity index (χ1v) is 12.9. The Hall–Kier alpha value is -1.47. The van der Waals surface area contributed by atoms with E-state index in [4.69, 9.17) is 5.11 Å². The Balaban J connectivity index is 1.49. The van der Waals surface area contributed by atoms with Crippen molar-refractivity contribution < 1.29 is 29.7 Å². The Labute approximate surface area is 196 Å². The Morgan fingerprint density at radius 1 is 1.12 bits per heavy atom. The number of nitrogens with one attached hydrogen (secondary N) is 1. The van der Waals surface area contributed by atoms with Crippen LogP contribution in [0, 0.1) is 46.3 Å². The molecular formula is C26H41NO6. The van der Waals surface area contributed by atoms with Crippen LogP contribution in [0.4, 0.5) is 0 Å². The third kappa shape index (κ3) is 4.13. The molecule has 0 bridgehead atoms. The van der Waals surface area contributed by atoms with Gasteiger partial charge in [0.1, 0.15) is 12.3 Å². The number of ketones is 1. The smallest absolute Gasteiger partial charge is 0.322 e. The molecule has 0 saturated heterocycles. The van der Waals surface area contributed by atoms with Crippen molar-refractivity contribution >= 4 is 17.7 Å². The van der Waals surface area contributed by atoms with Crippen molar-refractivity contribution in [1.29, 1.82) is 0 Å². The van der Waals surface area contributed by atoms with E-state index >= 15 is 0 Å². The molecule has 4 fully saturated rings. The summed E-state index contributed by atoms with van der Waals surface area (Å²) < 4.78 is 0. The van der Waals surface area contributed by atoms with E-state index in [0.717, 1.165) is 38.5 Å². The van der Waals surface area contributed by atoms with Gasteiger partial charge in [0, 0.05) is 18.3 Å². The second-order valence-electron chi connectivity index (χ2n) is 12.0. The summed E-state index contributed by atoms with van der Waals surface area (Å²) in [5.41, 5.74) is -0.470. The maximum absolute atomic E-state index is 13.8. The Morgan fingerprint density at radius 2 is 1.85 bits per heavy atom. The van der Waals surface area contributed by atoms with E-state index in [-0.39, 0.29) is 65.9 Å². The molecule has 0 unspecified atom stereocenters. The number of carbonyl (C=O) groups excluding carboxylic acids is 2. The quantitative estimate of drug-likeness (QED) is 0.480. The van der Waals surface area contributed by atoms with Crippen LogP contribution in [-0.2, 0) is 14.4 Å². The van der Waals surface area contributed by atoms with Gasteiger partial charge in [-0.25, -0.2) is 0 Å². The van der Waals surface area contributed by atoms with Crippen LogP contribution in [0.15, 0.2) is 0 Å². The average molecular weight is 464 g/mol. The fourth-order valence-electron chi connectivity index (χ4n) is 8.68. The molecule has 0 aromatic heterocycles. The van der Waals surface area contributed by atoms with Crippen LogP contribution in [0.3, 0.4) is 0 Å². The predicted octanol–water partition coefficient (Wildman–Crippen LogP) is 2.77. The number of hydrogen-bond acceptors (Lipinski definition) is 5. The van der Waals surface area contributed by atoms with Gasteiger partial charge in [-0.15, -0.1) is 0 Å². The van der Waals surface area contributed by atoms with Gasteiger partial charge in [-0.1, -0.05) is 20.8 Å². The summed E-state index contributed by atoms with van der Waals surface area (Å²) in [6.07, 6.45) is 5.71. The summed E-state index contributed by atoms with van der Waals surface area (Å²) in [5, 5.41) is 32.7. The maximum Gasteiger partial charge on any atom is 0.322 e. The summed E-state index contributed by atoms with van der Waals surface area (Å²) in [7, 11) is 0. The molecule has 7 heteroatoms. The van der Waals surface area contributed by atoms with Crippen LogP contribution in [0.2, 0.25) is 0 Å². The maximum atomic E-state index is 13.8. The van der Waals surface area contributed by atoms with Gasteiger partial charge in [-0.05, 0) is 85.9 Å². The molecule has 0 spiro atoms. The summed E-state index contributed by atoms with van der Waals surface area (Å²) in [5.74, 6) is 0.0874. The molecule has 4 aliphatic carbocycles. The van der Waals surface area contributed by atoms with Crippen molar-refractivity contribution in [1.82, 2.24) is 5.32 Å². The number of carbonyl (C=O) groups is 3. The van der Waals surface area contributed by atoms with Gasteiger partial charge in [-0.3, -0.25) is 14.4 Å². The molecule has 186 valence electrons. The Bertz CT molecular complexity index is 800. The molecule has 7 nitrogen and oxygen atoms in total. The minimum Gasteiger partial charge on any atom is -0.480 e. The summed E-state index contributed by atoms with van der Waals surface area (Å²) >= 11 is 0. The van der Waals surface area contributed by atoms with Crippen molar-refractivity contribution in [3.63, 3.8) is 0 Å². The highest BCUT2D eigenvalue weighted by Crippen LogP contribution is 2.67. The predicted molar refractivity (Wildman–Crippen MR) is 122 cm³/mol. The highest BCUT2D eigenvalue weighted by atomic mass is 16.4. The van der Waals surface area contributed by atoms with Crippen molar-refractivity contribution in [2.24, 2.45) is 46.3 Å². The van der Waals surface area contributed by atoms with E-state index in [2.05, 4.69) is 26.1 Å². The molecule has 0 aromatic rings. The second-order valence-corrected chi connectivity index (χ2v) is 12.0. The molecule has 0 heterocycles. The number of aliphatic hydroxyl groups is 2. The molecule has 1 amide bonds. The van der Waals surface area contributed by atoms with Crippen LogP contribution in [-0.4, -0.2) is 51.7 Å². The molecule has 10 atom stereocenters. The topological polar surface area (TPSA) is 124 Å². The number of Topliss-reactive ketones (excluding diaryl/α,β-unsaturated/α-hetero) is 1. The third-order valence-corrected chi connectivity index (χ3v) is 10.5. The zero-order chi connectivity index (χ0) is 24.1. The van der Waals surface area contributed by atoms with E-state index in [9.17, 15) is 24.6 Å². The highest BCUT2D eigenvalue weighted by molar-refractivity contribution is 5.87. The number of rotatable bonds is 6. The number of carboxylic acid groups (broad SMARTS) is 1. The minimum atomic E-state index is -1.06. The first kappa shape index (κ1) is 24.6. The van der Waals surface area contributed by atoms with Gasteiger partial charge in [0.15, 0.2) is 0 Å². The number of fused-ring (bicyclic) bond motifs is 5. The zero-order valence-corrected chi connectivity index (χ0v) is 20.3. The summed E-state index contributed by atoms with van der Waals surface area (Å²) in [4.78, 5) is 36.5. The first-order chi connectivity index (χ1) is 15.5. The number of amides is 1. The first-order valence-electron chi connectivity index (χ1n) is 12.9. The highest BCUT2D eigenvalue weighted by Gasteiger charge is 2.65. The molecule has 4 saturated carbocycles. The normalized spacial score (nSPS) is 45.5. The zero-order valence-electron chi connectivity index (χ0n) is 20.3. The lowest BCUT2D eigenvalue weighted by molar-refractivity contribution is -0.181. The monoisotopic (exact) mass is 463 g/mol. The standard InChI is InChI=1S/C26H41NO6/c1-14(4-7-22(31)27-13-23(32)33)17-5-6-18-24-19(12-21(30)26(17,18)3)25(2)9-8-16(28)10-15(25)11-20(24)29/h14-20,24,28-29H,4-13H2,1-3H3,(H,27,31)(H,32,33)/t14-,15+,16-,17-,18+,19+,20-,24+,25+,26-/m1/s1. The summed E-state index contributed by atoms with van der Waals surface area (Å²) in [6.45, 7) is 6.15. The van der Waals surface area contributed by atoms with Gasteiger partial charge in [0.05, 0.1) is 12.2 Å². The fraction of sp³-hybridized carbons (Fsp3) is 0.885. The largest absolute Gasteiger partial charge is 0.480 e. The van der Waals surface area contributed by atoms with Crippen LogP contribution < -0.4 is 5.32 Å². The van der Waals surface area contributed by atoms with Gasteiger partial charge >= 0.3 is 5.97 Å². The Kier molecular flexibility index (Phi) is 6.69. The lowest BCUT2D eigenvalue weighted by Gasteiger charge is -2.61. The van der Waals surface area contributed by atoms with Crippen LogP contribution >= 0.6 is 0 Å². The molecule has 0 aromatic carbocycles. The SMILES string of the molecule is C[C@H](CCC(=O)NCC(=O)O)[C@H]1CC[C@H]2[C@@H]3[C@H](O)C[C@@H]4C[C@H](O)CC[C@]4(C)[C@H]3CC(=O)[C@]12C. The van der Waals surface area contributed by atoms with Crippen LogP contribution in [0.1, 0.15) is 78.6 Å². The molecule has 4 rings (SSSR count). The number of aliphatic carboxylic acids is 1. The average Bonchev–Trinajstić information content (AvgIpc) is 3.11. The summed E-state index contributed by atoms with van der Waals surface area (Å²) in [6, 6.07) is 0. The molecule has 0 aliphatic heterocycles. The van der Waals surface area contributed by atoms with Crippen molar-refractivity contribution in [2.75, 3.05) is 6.54 Å². The second kappa shape index (κ2) is 8.95. The van der Waals surface area contributed by atoms with Crippen molar-refractivity contribution in [2.45, 2.75) is 90.8 Å². The molecule has 0 radical (unpaired) electrons. The van der Waals surface area contributed by atoms with Crippen LogP contribution in [0.25, 0.3) is 0 Å². The molecule has 33 heavy (non-hydrogen) atoms. The number of carboxylic acids is 1. The van der Waals surface area contributed by atoms with E-state index in [0.29, 0.717) is 18.6 Å². The molecule has 4 N–H and O–H groups in total. The lowest BCUT2D eigenvalue weighted by Crippen LogP contribution is -2.61. The van der Waals surface area contributed by atoms with Crippen molar-refractivity contribution in [3.05, 3.63) is 0 Å². The Morgan fingerprint density at radius 3 is 2.55 bits per heavy atom. The van der Waals surface area contributed by atoms with Gasteiger partial charge < -0.3 is 20.6 Å². The minimum absolute atomic E-state index is 0.00600. The van der Waals surface area contributed by atoms with Crippen molar-refractivity contribution in [3.8, 4) is 0 Å². The van der Waals surface area contributed by atoms with Gasteiger partial charge in [0.25, 0.3) is 0 Å².